The van der Waals surface area contributed by atoms with Crippen LogP contribution in [0, 0.1) is 0 Å². The van der Waals surface area contributed by atoms with Crippen LogP contribution >= 0.6 is 0 Å². The van der Waals surface area contributed by atoms with Crippen molar-refractivity contribution in [2.45, 2.75) is 32.5 Å². The van der Waals surface area contributed by atoms with Gasteiger partial charge < -0.3 is 9.47 Å². The Bertz CT molecular complexity index is 356. The average Bonchev–Trinajstić information content (AvgIpc) is 2.79. The van der Waals surface area contributed by atoms with Gasteiger partial charge in [0.2, 0.25) is 0 Å². The van der Waals surface area contributed by atoms with Gasteiger partial charge in [-0.15, -0.1) is 0 Å². The normalized spacial score (nSPS) is 22.2. The van der Waals surface area contributed by atoms with Crippen LogP contribution in [0.15, 0.2) is 35.9 Å². The minimum atomic E-state index is -0.0310. The summed E-state index contributed by atoms with van der Waals surface area (Å²) in [7, 11) is 0. The summed E-state index contributed by atoms with van der Waals surface area (Å²) in [6.07, 6.45) is 5.34. The molecule has 1 atom stereocenters. The third kappa shape index (κ3) is 3.99. The summed E-state index contributed by atoms with van der Waals surface area (Å²) >= 11 is 0. The molecule has 0 radical (unpaired) electrons. The van der Waals surface area contributed by atoms with E-state index < -0.39 is 0 Å². The van der Waals surface area contributed by atoms with Crippen molar-refractivity contribution >= 4 is 6.08 Å². The molecule has 2 nitrogen and oxygen atoms in total. The molecule has 1 saturated heterocycles. The van der Waals surface area contributed by atoms with Crippen LogP contribution in [-0.2, 0) is 9.47 Å². The summed E-state index contributed by atoms with van der Waals surface area (Å²) in [5, 5.41) is 0. The van der Waals surface area contributed by atoms with Crippen molar-refractivity contribution in [3.63, 3.8) is 0 Å². The molecule has 1 aliphatic rings. The van der Waals surface area contributed by atoms with Crippen LogP contribution in [0.3, 0.4) is 0 Å². The number of unbranched alkanes of at least 4 members (excludes halogenated alkanes) is 1. The topological polar surface area (TPSA) is 18.5 Å². The van der Waals surface area contributed by atoms with Crippen molar-refractivity contribution in [3.05, 3.63) is 41.5 Å². The van der Waals surface area contributed by atoms with Crippen molar-refractivity contribution in [1.29, 1.82) is 0 Å². The fourth-order valence-corrected chi connectivity index (χ4v) is 1.88. The second-order valence-electron chi connectivity index (χ2n) is 4.38. The van der Waals surface area contributed by atoms with Gasteiger partial charge in [-0.25, -0.2) is 0 Å². The van der Waals surface area contributed by atoms with Gasteiger partial charge in [0.1, 0.15) is 0 Å². The summed E-state index contributed by atoms with van der Waals surface area (Å²) in [4.78, 5) is 0. The quantitative estimate of drug-likeness (QED) is 0.722. The highest BCUT2D eigenvalue weighted by molar-refractivity contribution is 5.53. The minimum absolute atomic E-state index is 0.0310. The van der Waals surface area contributed by atoms with E-state index in [0.29, 0.717) is 6.61 Å². The van der Waals surface area contributed by atoms with Crippen molar-refractivity contribution in [2.75, 3.05) is 13.2 Å². The van der Waals surface area contributed by atoms with Gasteiger partial charge >= 0.3 is 0 Å². The second kappa shape index (κ2) is 6.58. The first-order valence-electron chi connectivity index (χ1n) is 6.36. The lowest BCUT2D eigenvalue weighted by atomic mass is 10.1. The predicted octanol–water partition coefficient (Wildman–Crippen LogP) is 3.63. The van der Waals surface area contributed by atoms with E-state index in [4.69, 9.17) is 9.47 Å². The Morgan fingerprint density at radius 3 is 2.94 bits per heavy atom. The minimum Gasteiger partial charge on any atom is -0.352 e. The smallest absolute Gasteiger partial charge is 0.161 e. The molecule has 17 heavy (non-hydrogen) atoms. The van der Waals surface area contributed by atoms with Crippen molar-refractivity contribution in [2.24, 2.45) is 0 Å². The Labute approximate surface area is 103 Å². The maximum atomic E-state index is 5.65. The molecule has 1 fully saturated rings. The Hall–Kier alpha value is -1.12. The van der Waals surface area contributed by atoms with Gasteiger partial charge in [-0.05, 0) is 17.6 Å². The van der Waals surface area contributed by atoms with Crippen molar-refractivity contribution in [3.8, 4) is 0 Å². The number of hydrogen-bond donors (Lipinski definition) is 0. The van der Waals surface area contributed by atoms with Gasteiger partial charge in [0.15, 0.2) is 6.29 Å². The molecular formula is C15H20O2. The molecule has 1 aliphatic heterocycles. The van der Waals surface area contributed by atoms with Gasteiger partial charge in [0.05, 0.1) is 6.61 Å². The van der Waals surface area contributed by atoms with E-state index >= 15 is 0 Å². The molecule has 0 saturated carbocycles. The highest BCUT2D eigenvalue weighted by Crippen LogP contribution is 2.22. The molecule has 1 aromatic carbocycles. The fraction of sp³-hybridized carbons (Fsp3) is 0.467. The molecule has 0 amide bonds. The van der Waals surface area contributed by atoms with E-state index in [0.717, 1.165) is 19.4 Å². The maximum Gasteiger partial charge on any atom is 0.161 e. The highest BCUT2D eigenvalue weighted by atomic mass is 16.7. The van der Waals surface area contributed by atoms with Crippen LogP contribution in [0.5, 0.6) is 0 Å². The number of hydrogen-bond acceptors (Lipinski definition) is 2. The van der Waals surface area contributed by atoms with E-state index in [1.165, 1.54) is 17.6 Å². The zero-order valence-electron chi connectivity index (χ0n) is 10.4. The fourth-order valence-electron chi connectivity index (χ4n) is 1.88. The zero-order valence-corrected chi connectivity index (χ0v) is 10.4. The molecule has 92 valence electrons. The van der Waals surface area contributed by atoms with E-state index in [-0.39, 0.29) is 6.29 Å². The standard InChI is InChI=1S/C15H20O2/c1-2-3-9-16-15-11-14(12-17-15)10-13-7-5-4-6-8-13/h4-8,10,15H,2-3,9,11-12H2,1H3. The van der Waals surface area contributed by atoms with E-state index in [1.807, 2.05) is 6.07 Å². The molecule has 0 N–H and O–H groups in total. The Balaban J connectivity index is 1.83. The monoisotopic (exact) mass is 232 g/mol. The van der Waals surface area contributed by atoms with E-state index in [1.54, 1.807) is 0 Å². The number of ether oxygens (including phenoxy) is 2. The van der Waals surface area contributed by atoms with Gasteiger partial charge in [-0.3, -0.25) is 0 Å². The van der Waals surface area contributed by atoms with Crippen LogP contribution in [-0.4, -0.2) is 19.5 Å². The number of benzene rings is 1. The third-order valence-electron chi connectivity index (χ3n) is 2.86. The summed E-state index contributed by atoms with van der Waals surface area (Å²) in [6, 6.07) is 10.4. The van der Waals surface area contributed by atoms with Gasteiger partial charge in [-0.2, -0.15) is 0 Å². The first-order chi connectivity index (χ1) is 8.38. The third-order valence-corrected chi connectivity index (χ3v) is 2.86. The SMILES string of the molecule is CCCCOC1CC(=Cc2ccccc2)CO1. The first kappa shape index (κ1) is 12.3. The highest BCUT2D eigenvalue weighted by Gasteiger charge is 2.19. The van der Waals surface area contributed by atoms with Crippen molar-refractivity contribution in [1.82, 2.24) is 0 Å². The molecule has 1 aromatic rings. The Morgan fingerprint density at radius 1 is 1.35 bits per heavy atom. The molecule has 1 unspecified atom stereocenters. The Morgan fingerprint density at radius 2 is 2.18 bits per heavy atom. The van der Waals surface area contributed by atoms with E-state index in [2.05, 4.69) is 37.3 Å². The van der Waals surface area contributed by atoms with Gasteiger partial charge in [0, 0.05) is 13.0 Å². The zero-order chi connectivity index (χ0) is 11.9. The number of rotatable bonds is 5. The molecule has 0 aromatic heterocycles. The predicted molar refractivity (Wildman–Crippen MR) is 69.6 cm³/mol. The average molecular weight is 232 g/mol. The van der Waals surface area contributed by atoms with Crippen LogP contribution in [0.2, 0.25) is 0 Å². The molecule has 2 heteroatoms. The summed E-state index contributed by atoms with van der Waals surface area (Å²) < 4.78 is 11.2. The molecule has 2 rings (SSSR count). The molecule has 1 heterocycles. The second-order valence-corrected chi connectivity index (χ2v) is 4.38. The molecule has 0 aliphatic carbocycles. The van der Waals surface area contributed by atoms with Crippen LogP contribution in [0.4, 0.5) is 0 Å². The van der Waals surface area contributed by atoms with Crippen LogP contribution in [0.1, 0.15) is 31.7 Å². The molecule has 0 bridgehead atoms. The van der Waals surface area contributed by atoms with Gasteiger partial charge in [0.25, 0.3) is 0 Å². The lowest BCUT2D eigenvalue weighted by Crippen LogP contribution is -2.11. The summed E-state index contributed by atoms with van der Waals surface area (Å²) in [5.41, 5.74) is 2.55. The van der Waals surface area contributed by atoms with Crippen molar-refractivity contribution < 1.29 is 9.47 Å². The summed E-state index contributed by atoms with van der Waals surface area (Å²) in [6.45, 7) is 3.67. The van der Waals surface area contributed by atoms with E-state index in [9.17, 15) is 0 Å². The van der Waals surface area contributed by atoms with Gasteiger partial charge in [-0.1, -0.05) is 49.8 Å². The largest absolute Gasteiger partial charge is 0.352 e. The van der Waals surface area contributed by atoms with Crippen LogP contribution < -0.4 is 0 Å². The Kier molecular flexibility index (Phi) is 4.77. The maximum absolute atomic E-state index is 5.65. The lowest BCUT2D eigenvalue weighted by molar-refractivity contribution is -0.111. The molecule has 0 spiro atoms. The summed E-state index contributed by atoms with van der Waals surface area (Å²) in [5.74, 6) is 0. The lowest BCUT2D eigenvalue weighted by Gasteiger charge is -2.09. The van der Waals surface area contributed by atoms with Crippen LogP contribution in [0.25, 0.3) is 6.08 Å². The molecular weight excluding hydrogens is 212 g/mol. The first-order valence-corrected chi connectivity index (χ1v) is 6.36.